The van der Waals surface area contributed by atoms with Crippen molar-refractivity contribution in [1.82, 2.24) is 9.97 Å². The second-order valence-electron chi connectivity index (χ2n) is 5.40. The van der Waals surface area contributed by atoms with E-state index in [2.05, 4.69) is 9.97 Å². The van der Waals surface area contributed by atoms with E-state index in [0.29, 0.717) is 16.2 Å². The van der Waals surface area contributed by atoms with Crippen LogP contribution in [0.25, 0.3) is 22.1 Å². The molecule has 2 aromatic carbocycles. The molecule has 0 saturated heterocycles. The maximum Gasteiger partial charge on any atom is 0.186 e. The summed E-state index contributed by atoms with van der Waals surface area (Å²) in [6, 6.07) is 14.8. The monoisotopic (exact) mass is 350 g/mol. The fourth-order valence-corrected chi connectivity index (χ4v) is 3.43. The SMILES string of the molecule is COc1ccc(C(=O)CSc2ncnc3c2oc2ccccc23)cc1. The molecule has 0 unspecified atom stereocenters. The number of para-hydroxylation sites is 1. The fraction of sp³-hybridized carbons (Fsp3) is 0.105. The van der Waals surface area contributed by atoms with Gasteiger partial charge >= 0.3 is 0 Å². The number of hydrogen-bond donors (Lipinski definition) is 0. The number of thioether (sulfide) groups is 1. The molecule has 0 saturated carbocycles. The van der Waals surface area contributed by atoms with Crippen LogP contribution in [0.3, 0.4) is 0 Å². The molecule has 0 aliphatic heterocycles. The summed E-state index contributed by atoms with van der Waals surface area (Å²) in [5, 5.41) is 1.62. The quantitative estimate of drug-likeness (QED) is 0.303. The van der Waals surface area contributed by atoms with E-state index in [9.17, 15) is 4.79 Å². The van der Waals surface area contributed by atoms with Crippen molar-refractivity contribution >= 4 is 39.6 Å². The van der Waals surface area contributed by atoms with Crippen LogP contribution in [-0.4, -0.2) is 28.6 Å². The Kier molecular flexibility index (Phi) is 4.11. The summed E-state index contributed by atoms with van der Waals surface area (Å²) in [5.41, 5.74) is 2.80. The number of aromatic nitrogens is 2. The van der Waals surface area contributed by atoms with Crippen LogP contribution in [0.1, 0.15) is 10.4 Å². The molecule has 5 nitrogen and oxygen atoms in total. The molecule has 0 aliphatic rings. The van der Waals surface area contributed by atoms with Gasteiger partial charge in [-0.1, -0.05) is 23.9 Å². The van der Waals surface area contributed by atoms with Crippen LogP contribution in [0.2, 0.25) is 0 Å². The van der Waals surface area contributed by atoms with Crippen molar-refractivity contribution in [3.63, 3.8) is 0 Å². The van der Waals surface area contributed by atoms with E-state index in [4.69, 9.17) is 9.15 Å². The summed E-state index contributed by atoms with van der Waals surface area (Å²) in [6.07, 6.45) is 1.50. The van der Waals surface area contributed by atoms with Crippen LogP contribution in [0.4, 0.5) is 0 Å². The molecule has 2 aromatic heterocycles. The highest BCUT2D eigenvalue weighted by Gasteiger charge is 2.15. The highest BCUT2D eigenvalue weighted by Crippen LogP contribution is 2.32. The lowest BCUT2D eigenvalue weighted by molar-refractivity contribution is 0.102. The maximum atomic E-state index is 12.4. The van der Waals surface area contributed by atoms with Crippen LogP contribution in [0.15, 0.2) is 64.3 Å². The Hall–Kier alpha value is -2.86. The number of ether oxygens (including phenoxy) is 1. The van der Waals surface area contributed by atoms with Gasteiger partial charge in [0.25, 0.3) is 0 Å². The molecule has 124 valence electrons. The van der Waals surface area contributed by atoms with Crippen molar-refractivity contribution < 1.29 is 13.9 Å². The normalized spacial score (nSPS) is 11.1. The number of methoxy groups -OCH3 is 1. The molecule has 0 N–H and O–H groups in total. The average molecular weight is 350 g/mol. The van der Waals surface area contributed by atoms with Gasteiger partial charge in [0.1, 0.15) is 28.2 Å². The zero-order valence-electron chi connectivity index (χ0n) is 13.4. The number of carbonyl (C=O) groups is 1. The summed E-state index contributed by atoms with van der Waals surface area (Å²) >= 11 is 1.35. The minimum absolute atomic E-state index is 0.0236. The zero-order chi connectivity index (χ0) is 17.2. The van der Waals surface area contributed by atoms with Gasteiger partial charge in [0.05, 0.1) is 12.9 Å². The average Bonchev–Trinajstić information content (AvgIpc) is 3.05. The molecule has 0 radical (unpaired) electrons. The predicted octanol–water partition coefficient (Wildman–Crippen LogP) is 4.36. The topological polar surface area (TPSA) is 65.2 Å². The standard InChI is InChI=1S/C19H14N2O3S/c1-23-13-8-6-12(7-9-13)15(22)10-25-19-18-17(20-11-21-19)14-4-2-3-5-16(14)24-18/h2-9,11H,10H2,1H3. The molecule has 2 heterocycles. The number of ketones is 1. The van der Waals surface area contributed by atoms with Gasteiger partial charge in [-0.05, 0) is 36.4 Å². The van der Waals surface area contributed by atoms with Crippen molar-refractivity contribution in [3.8, 4) is 5.75 Å². The van der Waals surface area contributed by atoms with Crippen LogP contribution in [0.5, 0.6) is 5.75 Å². The van der Waals surface area contributed by atoms with Crippen LogP contribution in [-0.2, 0) is 0 Å². The van der Waals surface area contributed by atoms with Gasteiger partial charge in [-0.15, -0.1) is 0 Å². The second-order valence-corrected chi connectivity index (χ2v) is 6.36. The van der Waals surface area contributed by atoms with E-state index in [0.717, 1.165) is 22.2 Å². The van der Waals surface area contributed by atoms with E-state index in [1.807, 2.05) is 24.3 Å². The number of rotatable bonds is 5. The third-order valence-electron chi connectivity index (χ3n) is 3.88. The molecule has 25 heavy (non-hydrogen) atoms. The van der Waals surface area contributed by atoms with Gasteiger partial charge in [0.15, 0.2) is 11.4 Å². The van der Waals surface area contributed by atoms with Crippen LogP contribution < -0.4 is 4.74 Å². The Morgan fingerprint density at radius 2 is 1.92 bits per heavy atom. The first kappa shape index (κ1) is 15.7. The van der Waals surface area contributed by atoms with E-state index in [1.54, 1.807) is 31.4 Å². The largest absolute Gasteiger partial charge is 0.497 e. The van der Waals surface area contributed by atoms with E-state index in [1.165, 1.54) is 18.1 Å². The van der Waals surface area contributed by atoms with Crippen molar-refractivity contribution in [3.05, 3.63) is 60.4 Å². The summed E-state index contributed by atoms with van der Waals surface area (Å²) in [4.78, 5) is 21.0. The van der Waals surface area contributed by atoms with Crippen LogP contribution >= 0.6 is 11.8 Å². The highest BCUT2D eigenvalue weighted by atomic mass is 32.2. The van der Waals surface area contributed by atoms with Crippen molar-refractivity contribution in [2.75, 3.05) is 12.9 Å². The van der Waals surface area contributed by atoms with Crippen molar-refractivity contribution in [2.24, 2.45) is 0 Å². The van der Waals surface area contributed by atoms with Gasteiger partial charge in [-0.25, -0.2) is 9.97 Å². The second kappa shape index (κ2) is 6.57. The molecule has 0 atom stereocenters. The molecule has 0 fully saturated rings. The first-order valence-corrected chi connectivity index (χ1v) is 8.67. The lowest BCUT2D eigenvalue weighted by atomic mass is 10.1. The van der Waals surface area contributed by atoms with Crippen LogP contribution in [0, 0.1) is 0 Å². The number of hydrogen-bond acceptors (Lipinski definition) is 6. The van der Waals surface area contributed by atoms with Gasteiger partial charge in [0, 0.05) is 10.9 Å². The molecule has 0 aliphatic carbocycles. The minimum Gasteiger partial charge on any atom is -0.497 e. The predicted molar refractivity (Wildman–Crippen MR) is 97.4 cm³/mol. The number of furan rings is 1. The Morgan fingerprint density at radius 1 is 1.12 bits per heavy atom. The number of benzene rings is 2. The van der Waals surface area contributed by atoms with Gasteiger partial charge in [-0.3, -0.25) is 4.79 Å². The van der Waals surface area contributed by atoms with E-state index in [-0.39, 0.29) is 11.5 Å². The van der Waals surface area contributed by atoms with Gasteiger partial charge in [0.2, 0.25) is 0 Å². The summed E-state index contributed by atoms with van der Waals surface area (Å²) in [6.45, 7) is 0. The number of Topliss-reactive ketones (excluding diaryl/α,β-unsaturated/α-hetero) is 1. The molecular weight excluding hydrogens is 336 g/mol. The van der Waals surface area contributed by atoms with Gasteiger partial charge < -0.3 is 9.15 Å². The number of nitrogens with zero attached hydrogens (tertiary/aromatic N) is 2. The molecule has 0 spiro atoms. The summed E-state index contributed by atoms with van der Waals surface area (Å²) in [7, 11) is 1.60. The zero-order valence-corrected chi connectivity index (χ0v) is 14.2. The Bertz CT molecular complexity index is 1060. The number of fused-ring (bicyclic) bond motifs is 3. The molecule has 6 heteroatoms. The Morgan fingerprint density at radius 3 is 2.72 bits per heavy atom. The van der Waals surface area contributed by atoms with E-state index >= 15 is 0 Å². The lowest BCUT2D eigenvalue weighted by Crippen LogP contribution is -2.02. The molecule has 4 aromatic rings. The van der Waals surface area contributed by atoms with Gasteiger partial charge in [-0.2, -0.15) is 0 Å². The molecule has 0 bridgehead atoms. The lowest BCUT2D eigenvalue weighted by Gasteiger charge is -2.03. The third kappa shape index (κ3) is 2.96. The molecule has 0 amide bonds. The third-order valence-corrected chi connectivity index (χ3v) is 4.85. The summed E-state index contributed by atoms with van der Waals surface area (Å²) < 4.78 is 11.0. The Labute approximate surface area is 148 Å². The minimum atomic E-state index is 0.0236. The molecule has 4 rings (SSSR count). The fourth-order valence-electron chi connectivity index (χ4n) is 2.60. The summed E-state index contributed by atoms with van der Waals surface area (Å²) in [5.74, 6) is 1.02. The van der Waals surface area contributed by atoms with Crippen molar-refractivity contribution in [1.29, 1.82) is 0 Å². The van der Waals surface area contributed by atoms with E-state index < -0.39 is 0 Å². The first-order valence-electron chi connectivity index (χ1n) is 7.68. The first-order chi connectivity index (χ1) is 12.3. The molecular formula is C19H14N2O3S. The highest BCUT2D eigenvalue weighted by molar-refractivity contribution is 8.00. The number of carbonyl (C=O) groups excluding carboxylic acids is 1. The maximum absolute atomic E-state index is 12.4. The smallest absolute Gasteiger partial charge is 0.186 e. The Balaban J connectivity index is 1.59. The van der Waals surface area contributed by atoms with Crippen molar-refractivity contribution in [2.45, 2.75) is 5.03 Å².